The predicted octanol–water partition coefficient (Wildman–Crippen LogP) is 5.51. The van der Waals surface area contributed by atoms with E-state index in [0.29, 0.717) is 24.0 Å². The van der Waals surface area contributed by atoms with E-state index in [4.69, 9.17) is 14.0 Å². The van der Waals surface area contributed by atoms with E-state index in [1.165, 1.54) is 11.3 Å². The molecule has 5 rings (SSSR count). The Balaban J connectivity index is 1.58. The fourth-order valence-electron chi connectivity index (χ4n) is 4.07. The topological polar surface area (TPSA) is 89.7 Å². The maximum absolute atomic E-state index is 13.3. The molecular formula is C26H24N4O4S. The molecular weight excluding hydrogens is 464 g/mol. The molecule has 0 fully saturated rings. The molecule has 4 aromatic rings. The molecule has 1 atom stereocenters. The molecule has 0 radical (unpaired) electrons. The first-order valence-corrected chi connectivity index (χ1v) is 11.9. The third-order valence-electron chi connectivity index (χ3n) is 5.92. The van der Waals surface area contributed by atoms with Gasteiger partial charge in [0.25, 0.3) is 5.89 Å². The highest BCUT2D eigenvalue weighted by atomic mass is 32.1. The average molecular weight is 489 g/mol. The van der Waals surface area contributed by atoms with E-state index in [0.717, 1.165) is 33.0 Å². The Kier molecular flexibility index (Phi) is 6.24. The Hall–Kier alpha value is -4.11. The van der Waals surface area contributed by atoms with E-state index in [-0.39, 0.29) is 6.03 Å². The number of rotatable bonds is 7. The van der Waals surface area contributed by atoms with E-state index in [9.17, 15) is 4.79 Å². The van der Waals surface area contributed by atoms with Crippen molar-refractivity contribution in [2.45, 2.75) is 19.5 Å². The fourth-order valence-corrected chi connectivity index (χ4v) is 4.72. The zero-order valence-corrected chi connectivity index (χ0v) is 20.3. The molecule has 2 amide bonds. The number of carbonyl (C=O) groups is 1. The van der Waals surface area contributed by atoms with Crippen LogP contribution in [0.4, 0.5) is 4.79 Å². The summed E-state index contributed by atoms with van der Waals surface area (Å²) in [5.74, 6) is 2.32. The van der Waals surface area contributed by atoms with Crippen LogP contribution in [0, 0.1) is 0 Å². The van der Waals surface area contributed by atoms with Gasteiger partial charge in [-0.1, -0.05) is 35.5 Å². The lowest BCUT2D eigenvalue weighted by molar-refractivity contribution is 0.203. The van der Waals surface area contributed by atoms with Crippen molar-refractivity contribution in [3.05, 3.63) is 88.8 Å². The van der Waals surface area contributed by atoms with Crippen LogP contribution < -0.4 is 14.8 Å². The van der Waals surface area contributed by atoms with Gasteiger partial charge in [0.2, 0.25) is 5.82 Å². The lowest BCUT2D eigenvalue weighted by Gasteiger charge is -2.35. The monoisotopic (exact) mass is 488 g/mol. The number of hydrogen-bond acceptors (Lipinski definition) is 7. The maximum Gasteiger partial charge on any atom is 0.322 e. The summed E-state index contributed by atoms with van der Waals surface area (Å²) in [5, 5.41) is 9.29. The number of allylic oxidation sites excluding steroid dienone is 1. The number of ether oxygens (including phenoxy) is 2. The number of thiophene rings is 1. The first-order chi connectivity index (χ1) is 17.1. The summed E-state index contributed by atoms with van der Waals surface area (Å²) < 4.78 is 16.4. The maximum atomic E-state index is 13.3. The van der Waals surface area contributed by atoms with Crippen LogP contribution in [0.25, 0.3) is 16.3 Å². The van der Waals surface area contributed by atoms with Crippen molar-refractivity contribution < 1.29 is 18.8 Å². The predicted molar refractivity (Wildman–Crippen MR) is 133 cm³/mol. The van der Waals surface area contributed by atoms with Crippen LogP contribution in [-0.2, 0) is 6.54 Å². The zero-order chi connectivity index (χ0) is 24.4. The number of hydrogen-bond donors (Lipinski definition) is 1. The third-order valence-corrected chi connectivity index (χ3v) is 6.79. The number of aromatic nitrogens is 2. The summed E-state index contributed by atoms with van der Waals surface area (Å²) in [6.07, 6.45) is 0. The van der Waals surface area contributed by atoms with E-state index < -0.39 is 6.04 Å². The van der Waals surface area contributed by atoms with Gasteiger partial charge in [0.15, 0.2) is 0 Å². The summed E-state index contributed by atoms with van der Waals surface area (Å²) >= 11 is 1.54. The van der Waals surface area contributed by atoms with Crippen molar-refractivity contribution in [1.82, 2.24) is 20.4 Å². The number of methoxy groups -OCH3 is 2. The van der Waals surface area contributed by atoms with Gasteiger partial charge >= 0.3 is 6.03 Å². The third kappa shape index (κ3) is 4.50. The smallest absolute Gasteiger partial charge is 0.322 e. The van der Waals surface area contributed by atoms with Gasteiger partial charge in [-0.25, -0.2) is 4.79 Å². The molecule has 1 aliphatic rings. The second kappa shape index (κ2) is 9.63. The van der Waals surface area contributed by atoms with E-state index in [1.807, 2.05) is 73.0 Å². The van der Waals surface area contributed by atoms with Gasteiger partial charge in [-0.05, 0) is 53.8 Å². The Morgan fingerprint density at radius 2 is 1.86 bits per heavy atom. The molecule has 3 heterocycles. The van der Waals surface area contributed by atoms with E-state index in [1.54, 1.807) is 19.1 Å². The molecule has 0 aliphatic carbocycles. The minimum atomic E-state index is -0.485. The normalized spacial score (nSPS) is 15.8. The Morgan fingerprint density at radius 1 is 1.06 bits per heavy atom. The van der Waals surface area contributed by atoms with Crippen LogP contribution in [0.5, 0.6) is 11.5 Å². The minimum absolute atomic E-state index is 0.215. The van der Waals surface area contributed by atoms with Crippen molar-refractivity contribution >= 4 is 22.9 Å². The molecule has 0 bridgehead atoms. The first-order valence-electron chi connectivity index (χ1n) is 11.0. The molecule has 35 heavy (non-hydrogen) atoms. The van der Waals surface area contributed by atoms with Gasteiger partial charge in [-0.2, -0.15) is 4.98 Å². The van der Waals surface area contributed by atoms with E-state index >= 15 is 0 Å². The number of carbonyl (C=O) groups excluding carboxylic acids is 1. The van der Waals surface area contributed by atoms with Gasteiger partial charge in [-0.15, -0.1) is 11.3 Å². The van der Waals surface area contributed by atoms with Gasteiger partial charge < -0.3 is 19.3 Å². The molecule has 1 aliphatic heterocycles. The average Bonchev–Trinajstić information content (AvgIpc) is 3.59. The summed E-state index contributed by atoms with van der Waals surface area (Å²) in [5.41, 5.74) is 3.29. The number of amides is 2. The van der Waals surface area contributed by atoms with Gasteiger partial charge in [0, 0.05) is 5.70 Å². The van der Waals surface area contributed by atoms with Crippen molar-refractivity contribution in [3.8, 4) is 22.2 Å². The number of nitrogens with one attached hydrogen (secondary N) is 1. The van der Waals surface area contributed by atoms with Crippen LogP contribution in [0.15, 0.2) is 76.3 Å². The summed E-state index contributed by atoms with van der Waals surface area (Å²) in [4.78, 5) is 20.6. The lowest BCUT2D eigenvalue weighted by Crippen LogP contribution is -2.45. The highest BCUT2D eigenvalue weighted by Crippen LogP contribution is 2.39. The van der Waals surface area contributed by atoms with Crippen molar-refractivity contribution in [2.75, 3.05) is 14.2 Å². The molecule has 1 N–H and O–H groups in total. The number of nitrogens with zero attached hydrogens (tertiary/aromatic N) is 3. The molecule has 1 unspecified atom stereocenters. The lowest BCUT2D eigenvalue weighted by atomic mass is 9.94. The summed E-state index contributed by atoms with van der Waals surface area (Å²) in [6, 6.07) is 18.4. The number of urea groups is 1. The molecule has 0 saturated carbocycles. The summed E-state index contributed by atoms with van der Waals surface area (Å²) in [6.45, 7) is 2.28. The molecule has 9 heteroatoms. The first kappa shape index (κ1) is 22.7. The fraction of sp³-hybridized carbons (Fsp3) is 0.192. The van der Waals surface area contributed by atoms with Gasteiger partial charge in [0.05, 0.1) is 37.3 Å². The highest BCUT2D eigenvalue weighted by Gasteiger charge is 2.36. The van der Waals surface area contributed by atoms with Crippen LogP contribution in [0.2, 0.25) is 0 Å². The standard InChI is InChI=1S/C26H24N4O4S/c1-16-22(25-28-24(29-34-25)21-8-5-13-35-21)23(18-6-4-7-20(14-18)33-3)27-26(31)30(16)15-17-9-11-19(32-2)12-10-17/h4-14,23H,15H2,1-3H3,(H,27,31). The SMILES string of the molecule is COc1ccc(CN2C(=O)NC(c3cccc(OC)c3)C(c3nc(-c4cccs4)no3)=C2C)cc1. The van der Waals surface area contributed by atoms with Gasteiger partial charge in [0.1, 0.15) is 11.5 Å². The molecule has 2 aromatic carbocycles. The summed E-state index contributed by atoms with van der Waals surface area (Å²) in [7, 11) is 3.24. The second-order valence-corrected chi connectivity index (χ2v) is 8.94. The van der Waals surface area contributed by atoms with Crippen molar-refractivity contribution in [3.63, 3.8) is 0 Å². The molecule has 8 nitrogen and oxygen atoms in total. The van der Waals surface area contributed by atoms with Crippen molar-refractivity contribution in [1.29, 1.82) is 0 Å². The zero-order valence-electron chi connectivity index (χ0n) is 19.5. The minimum Gasteiger partial charge on any atom is -0.497 e. The Bertz CT molecular complexity index is 1360. The van der Waals surface area contributed by atoms with Crippen molar-refractivity contribution in [2.24, 2.45) is 0 Å². The van der Waals surface area contributed by atoms with Crippen LogP contribution in [0.1, 0.15) is 30.0 Å². The molecule has 2 aromatic heterocycles. The highest BCUT2D eigenvalue weighted by molar-refractivity contribution is 7.13. The quantitative estimate of drug-likeness (QED) is 0.369. The van der Waals surface area contributed by atoms with E-state index in [2.05, 4.69) is 15.5 Å². The molecule has 0 spiro atoms. The van der Waals surface area contributed by atoms with Crippen LogP contribution in [0.3, 0.4) is 0 Å². The Morgan fingerprint density at radius 3 is 2.57 bits per heavy atom. The Labute approximate surface area is 206 Å². The van der Waals surface area contributed by atoms with Crippen LogP contribution >= 0.6 is 11.3 Å². The molecule has 178 valence electrons. The largest absolute Gasteiger partial charge is 0.497 e. The second-order valence-electron chi connectivity index (χ2n) is 7.99. The molecule has 0 saturated heterocycles. The van der Waals surface area contributed by atoms with Gasteiger partial charge in [-0.3, -0.25) is 4.90 Å². The number of benzene rings is 2. The van der Waals surface area contributed by atoms with Crippen LogP contribution in [-0.4, -0.2) is 35.3 Å².